The molecular formula is C12H13NO2S. The van der Waals surface area contributed by atoms with Gasteiger partial charge in [0, 0.05) is 18.1 Å². The summed E-state index contributed by atoms with van der Waals surface area (Å²) < 4.78 is 1.86. The van der Waals surface area contributed by atoms with Crippen LogP contribution in [0.15, 0.2) is 11.0 Å². The molecule has 0 aromatic carbocycles. The normalized spacial score (nSPS) is 11.0. The highest BCUT2D eigenvalue weighted by atomic mass is 32.1. The van der Waals surface area contributed by atoms with Crippen molar-refractivity contribution in [1.82, 2.24) is 4.57 Å². The molecule has 0 fully saturated rings. The molecule has 0 atom stereocenters. The molecule has 0 aliphatic carbocycles. The minimum Gasteiger partial charge on any atom is -0.341 e. The maximum Gasteiger partial charge on any atom is 0.201 e. The number of fused-ring (bicyclic) bond motifs is 1. The third kappa shape index (κ3) is 1.41. The Hall–Kier alpha value is -1.42. The molecule has 2 aromatic heterocycles. The molecule has 0 spiro atoms. The van der Waals surface area contributed by atoms with E-state index in [9.17, 15) is 9.59 Å². The molecule has 3 nitrogen and oxygen atoms in total. The molecule has 2 aromatic rings. The van der Waals surface area contributed by atoms with Gasteiger partial charge in [-0.15, -0.1) is 11.3 Å². The number of nitrogens with zero attached hydrogens (tertiary/aromatic N) is 1. The molecule has 4 heteroatoms. The Balaban J connectivity index is 3.04. The van der Waals surface area contributed by atoms with Crippen molar-refractivity contribution >= 4 is 27.3 Å². The van der Waals surface area contributed by atoms with Crippen molar-refractivity contribution in [1.29, 1.82) is 0 Å². The zero-order chi connectivity index (χ0) is 12.0. The van der Waals surface area contributed by atoms with Gasteiger partial charge in [-0.1, -0.05) is 0 Å². The number of rotatable bonds is 1. The highest BCUT2D eigenvalue weighted by molar-refractivity contribution is 7.18. The first kappa shape index (κ1) is 11.1. The van der Waals surface area contributed by atoms with Gasteiger partial charge in [0.05, 0.1) is 10.9 Å². The van der Waals surface area contributed by atoms with Gasteiger partial charge in [0.2, 0.25) is 5.43 Å². The second kappa shape index (κ2) is 3.56. The lowest BCUT2D eigenvalue weighted by Crippen LogP contribution is -2.15. The van der Waals surface area contributed by atoms with Gasteiger partial charge < -0.3 is 4.57 Å². The van der Waals surface area contributed by atoms with Gasteiger partial charge in [0.15, 0.2) is 5.78 Å². The summed E-state index contributed by atoms with van der Waals surface area (Å²) in [6.07, 6.45) is 1.63. The molecule has 84 valence electrons. The van der Waals surface area contributed by atoms with Crippen LogP contribution in [0.1, 0.15) is 27.7 Å². The van der Waals surface area contributed by atoms with Crippen LogP contribution in [-0.2, 0) is 7.05 Å². The van der Waals surface area contributed by atoms with Crippen LogP contribution in [0.25, 0.3) is 10.2 Å². The molecule has 0 aliphatic heterocycles. The lowest BCUT2D eigenvalue weighted by Gasteiger charge is -2.03. The highest BCUT2D eigenvalue weighted by Gasteiger charge is 2.15. The zero-order valence-corrected chi connectivity index (χ0v) is 10.6. The molecule has 0 radical (unpaired) electrons. The topological polar surface area (TPSA) is 39.1 Å². The van der Waals surface area contributed by atoms with Crippen LogP contribution in [0.2, 0.25) is 0 Å². The Morgan fingerprint density at radius 1 is 1.38 bits per heavy atom. The Kier molecular flexibility index (Phi) is 2.46. The van der Waals surface area contributed by atoms with Crippen LogP contribution < -0.4 is 5.43 Å². The Labute approximate surface area is 97.3 Å². The summed E-state index contributed by atoms with van der Waals surface area (Å²) in [5, 5.41) is 0.692. The summed E-state index contributed by atoms with van der Waals surface area (Å²) in [7, 11) is 1.86. The van der Waals surface area contributed by atoms with Crippen molar-refractivity contribution in [3.05, 3.63) is 32.4 Å². The number of aryl methyl sites for hydroxylation is 3. The number of aromatic nitrogens is 1. The van der Waals surface area contributed by atoms with E-state index in [1.54, 1.807) is 17.5 Å². The van der Waals surface area contributed by atoms with E-state index < -0.39 is 0 Å². The predicted octanol–water partition coefficient (Wildman–Crippen LogP) is 2.42. The van der Waals surface area contributed by atoms with Gasteiger partial charge in [-0.05, 0) is 26.3 Å². The molecule has 2 rings (SSSR count). The number of carbonyl (C=O) groups is 1. The third-order valence-electron chi connectivity index (χ3n) is 2.86. The van der Waals surface area contributed by atoms with Crippen LogP contribution in [0.3, 0.4) is 0 Å². The van der Waals surface area contributed by atoms with E-state index in [-0.39, 0.29) is 16.8 Å². The van der Waals surface area contributed by atoms with Crippen LogP contribution in [0.5, 0.6) is 0 Å². The maximum absolute atomic E-state index is 12.1. The SMILES string of the molecule is CC(=O)c1cn(C)c2sc(C)c(C)c2c1=O. The van der Waals surface area contributed by atoms with Crippen molar-refractivity contribution in [2.45, 2.75) is 20.8 Å². The van der Waals surface area contributed by atoms with E-state index in [0.29, 0.717) is 5.39 Å². The molecule has 0 saturated carbocycles. The van der Waals surface area contributed by atoms with E-state index in [2.05, 4.69) is 0 Å². The van der Waals surface area contributed by atoms with Crippen LogP contribution in [0.4, 0.5) is 0 Å². The smallest absolute Gasteiger partial charge is 0.201 e. The first-order valence-electron chi connectivity index (χ1n) is 5.03. The molecule has 0 amide bonds. The van der Waals surface area contributed by atoms with Crippen LogP contribution in [-0.4, -0.2) is 10.4 Å². The Morgan fingerprint density at radius 2 is 2.00 bits per heavy atom. The summed E-state index contributed by atoms with van der Waals surface area (Å²) in [4.78, 5) is 25.6. The molecule has 0 unspecified atom stereocenters. The van der Waals surface area contributed by atoms with E-state index >= 15 is 0 Å². The molecule has 16 heavy (non-hydrogen) atoms. The van der Waals surface area contributed by atoms with Gasteiger partial charge in [0.1, 0.15) is 4.83 Å². The molecule has 2 heterocycles. The average Bonchev–Trinajstić information content (AvgIpc) is 2.50. The van der Waals surface area contributed by atoms with Crippen molar-refractivity contribution in [2.24, 2.45) is 7.05 Å². The van der Waals surface area contributed by atoms with Gasteiger partial charge in [-0.25, -0.2) is 0 Å². The largest absolute Gasteiger partial charge is 0.341 e. The first-order valence-corrected chi connectivity index (χ1v) is 5.85. The second-order valence-corrected chi connectivity index (χ2v) is 5.21. The van der Waals surface area contributed by atoms with Gasteiger partial charge in [0.25, 0.3) is 0 Å². The number of ketones is 1. The van der Waals surface area contributed by atoms with Crippen LogP contribution in [0, 0.1) is 13.8 Å². The van der Waals surface area contributed by atoms with E-state index in [0.717, 1.165) is 15.3 Å². The summed E-state index contributed by atoms with van der Waals surface area (Å²) in [5.41, 5.74) is 1.13. The zero-order valence-electron chi connectivity index (χ0n) is 9.75. The monoisotopic (exact) mass is 235 g/mol. The summed E-state index contributed by atoms with van der Waals surface area (Å²) in [6.45, 7) is 5.35. The summed E-state index contributed by atoms with van der Waals surface area (Å²) in [6, 6.07) is 0. The fourth-order valence-corrected chi connectivity index (χ4v) is 2.91. The molecule has 0 aliphatic rings. The van der Waals surface area contributed by atoms with Crippen molar-refractivity contribution < 1.29 is 4.79 Å². The summed E-state index contributed by atoms with van der Waals surface area (Å²) in [5.74, 6) is -0.175. The molecule has 0 N–H and O–H groups in total. The summed E-state index contributed by atoms with van der Waals surface area (Å²) >= 11 is 1.59. The predicted molar refractivity (Wildman–Crippen MR) is 66.5 cm³/mol. The van der Waals surface area contributed by atoms with E-state index in [4.69, 9.17) is 0 Å². The fraction of sp³-hybridized carbons (Fsp3) is 0.333. The first-order chi connectivity index (χ1) is 7.43. The molecular weight excluding hydrogens is 222 g/mol. The molecule has 0 bridgehead atoms. The van der Waals surface area contributed by atoms with Crippen molar-refractivity contribution in [3.63, 3.8) is 0 Å². The number of pyridine rings is 1. The highest BCUT2D eigenvalue weighted by Crippen LogP contribution is 2.27. The number of hydrogen-bond donors (Lipinski definition) is 0. The fourth-order valence-electron chi connectivity index (χ4n) is 1.82. The van der Waals surface area contributed by atoms with Crippen molar-refractivity contribution in [3.8, 4) is 0 Å². The lowest BCUT2D eigenvalue weighted by atomic mass is 10.1. The lowest BCUT2D eigenvalue weighted by molar-refractivity contribution is 0.101. The van der Waals surface area contributed by atoms with E-state index in [1.165, 1.54) is 6.92 Å². The average molecular weight is 235 g/mol. The minimum absolute atomic E-state index is 0.137. The number of hydrogen-bond acceptors (Lipinski definition) is 3. The second-order valence-electron chi connectivity index (χ2n) is 4.00. The number of carbonyl (C=O) groups excluding carboxylic acids is 1. The number of thiophene rings is 1. The number of Topliss-reactive ketones (excluding diaryl/α,β-unsaturated/α-hetero) is 1. The third-order valence-corrected chi connectivity index (χ3v) is 4.16. The van der Waals surface area contributed by atoms with Crippen LogP contribution >= 0.6 is 11.3 Å². The standard InChI is InChI=1S/C12H13NO2S/c1-6-8(3)16-12-10(6)11(15)9(7(2)14)5-13(12)4/h5H,1-4H3. The Bertz CT molecular complexity index is 649. The van der Waals surface area contributed by atoms with E-state index in [1.807, 2.05) is 25.5 Å². The minimum atomic E-state index is -0.175. The van der Waals surface area contributed by atoms with Gasteiger partial charge in [-0.2, -0.15) is 0 Å². The molecule has 0 saturated heterocycles. The van der Waals surface area contributed by atoms with Gasteiger partial charge in [-0.3, -0.25) is 9.59 Å². The quantitative estimate of drug-likeness (QED) is 0.712. The van der Waals surface area contributed by atoms with Gasteiger partial charge >= 0.3 is 0 Å². The van der Waals surface area contributed by atoms with Crippen molar-refractivity contribution in [2.75, 3.05) is 0 Å². The maximum atomic E-state index is 12.1. The Morgan fingerprint density at radius 3 is 2.56 bits per heavy atom.